The average Bonchev–Trinajstić information content (AvgIpc) is 2.89. The van der Waals surface area contributed by atoms with Gasteiger partial charge in [0.1, 0.15) is 24.1 Å². The Morgan fingerprint density at radius 2 is 2.24 bits per heavy atom. The Morgan fingerprint density at radius 1 is 1.44 bits per heavy atom. The first kappa shape index (κ1) is 16.8. The van der Waals surface area contributed by atoms with Gasteiger partial charge in [-0.1, -0.05) is 0 Å². The number of amides is 1. The summed E-state index contributed by atoms with van der Waals surface area (Å²) >= 11 is 0. The number of hydrogen-bond acceptors (Lipinski definition) is 5. The summed E-state index contributed by atoms with van der Waals surface area (Å²) < 4.78 is 12.4. The summed E-state index contributed by atoms with van der Waals surface area (Å²) in [5.41, 5.74) is 0.368. The maximum atomic E-state index is 12.3. The number of carbonyl (C=O) groups is 1. The second-order valence-corrected chi connectivity index (χ2v) is 5.81. The van der Waals surface area contributed by atoms with Crippen LogP contribution in [0.2, 0.25) is 0 Å². The lowest BCUT2D eigenvalue weighted by Gasteiger charge is -2.14. The molecule has 0 radical (unpaired) electrons. The van der Waals surface area contributed by atoms with Crippen LogP contribution in [0.25, 0.3) is 0 Å². The fourth-order valence-corrected chi connectivity index (χ4v) is 2.73. The first-order chi connectivity index (χ1) is 12.0. The summed E-state index contributed by atoms with van der Waals surface area (Å²) in [5.74, 6) is 0.856. The highest BCUT2D eigenvalue weighted by atomic mass is 16.5. The van der Waals surface area contributed by atoms with Gasteiger partial charge in [-0.25, -0.2) is 4.79 Å². The number of rotatable bonds is 5. The maximum absolute atomic E-state index is 12.3. The summed E-state index contributed by atoms with van der Waals surface area (Å²) in [6, 6.07) is 4.78. The van der Waals surface area contributed by atoms with E-state index in [-0.39, 0.29) is 12.6 Å². The smallest absolute Gasteiger partial charge is 0.328 e. The number of hydrogen-bond donors (Lipinski definition) is 2. The van der Waals surface area contributed by atoms with Gasteiger partial charge >= 0.3 is 5.69 Å². The van der Waals surface area contributed by atoms with Crippen LogP contribution in [0.3, 0.4) is 0 Å². The van der Waals surface area contributed by atoms with Crippen molar-refractivity contribution >= 4 is 11.6 Å². The van der Waals surface area contributed by atoms with Gasteiger partial charge in [-0.15, -0.1) is 0 Å². The summed E-state index contributed by atoms with van der Waals surface area (Å²) in [6.07, 6.45) is 2.14. The van der Waals surface area contributed by atoms with E-state index < -0.39 is 17.2 Å². The molecule has 25 heavy (non-hydrogen) atoms. The van der Waals surface area contributed by atoms with E-state index in [9.17, 15) is 14.4 Å². The van der Waals surface area contributed by atoms with E-state index in [1.54, 1.807) is 6.07 Å². The van der Waals surface area contributed by atoms with Crippen molar-refractivity contribution in [2.75, 3.05) is 11.9 Å². The minimum absolute atomic E-state index is 0.0788. The zero-order valence-electron chi connectivity index (χ0n) is 14.0. The molecule has 8 heteroatoms. The van der Waals surface area contributed by atoms with Gasteiger partial charge in [0.15, 0.2) is 0 Å². The SMILES string of the molecule is CCOc1cc2c(cc1NC(=O)Cn1ccc(=O)[nH]c1=O)O[C@H](C)C2. The quantitative estimate of drug-likeness (QED) is 0.838. The van der Waals surface area contributed by atoms with Crippen LogP contribution in [0.5, 0.6) is 11.5 Å². The molecule has 0 saturated heterocycles. The molecule has 0 bridgehead atoms. The minimum Gasteiger partial charge on any atom is -0.492 e. The molecule has 0 aliphatic carbocycles. The van der Waals surface area contributed by atoms with Crippen molar-refractivity contribution in [1.29, 1.82) is 0 Å². The van der Waals surface area contributed by atoms with Crippen LogP contribution in [0.15, 0.2) is 34.0 Å². The maximum Gasteiger partial charge on any atom is 0.328 e. The van der Waals surface area contributed by atoms with E-state index >= 15 is 0 Å². The number of aromatic amines is 1. The van der Waals surface area contributed by atoms with Crippen molar-refractivity contribution in [3.05, 3.63) is 50.8 Å². The molecule has 1 aliphatic rings. The predicted octanol–water partition coefficient (Wildman–Crippen LogP) is 0.897. The van der Waals surface area contributed by atoms with Crippen LogP contribution >= 0.6 is 0 Å². The number of nitrogens with one attached hydrogen (secondary N) is 2. The second-order valence-electron chi connectivity index (χ2n) is 5.81. The topological polar surface area (TPSA) is 102 Å². The zero-order chi connectivity index (χ0) is 18.0. The molecule has 0 fully saturated rings. The van der Waals surface area contributed by atoms with Crippen LogP contribution in [-0.2, 0) is 17.8 Å². The van der Waals surface area contributed by atoms with E-state index in [0.29, 0.717) is 23.8 Å². The highest BCUT2D eigenvalue weighted by Gasteiger charge is 2.22. The molecule has 0 spiro atoms. The number of nitrogens with zero attached hydrogens (tertiary/aromatic N) is 1. The van der Waals surface area contributed by atoms with Gasteiger partial charge in [0.2, 0.25) is 5.91 Å². The third-order valence-electron chi connectivity index (χ3n) is 3.78. The van der Waals surface area contributed by atoms with Crippen LogP contribution in [0.4, 0.5) is 5.69 Å². The molecule has 1 amide bonds. The van der Waals surface area contributed by atoms with Gasteiger partial charge in [-0.05, 0) is 19.9 Å². The van der Waals surface area contributed by atoms with E-state index in [4.69, 9.17) is 9.47 Å². The molecule has 1 aliphatic heterocycles. The third-order valence-corrected chi connectivity index (χ3v) is 3.78. The van der Waals surface area contributed by atoms with Crippen LogP contribution < -0.4 is 26.0 Å². The van der Waals surface area contributed by atoms with Gasteiger partial charge in [-0.2, -0.15) is 0 Å². The van der Waals surface area contributed by atoms with Gasteiger partial charge in [-0.3, -0.25) is 19.1 Å². The molecule has 3 rings (SSSR count). The van der Waals surface area contributed by atoms with Gasteiger partial charge < -0.3 is 14.8 Å². The lowest BCUT2D eigenvalue weighted by atomic mass is 10.1. The van der Waals surface area contributed by atoms with E-state index in [1.807, 2.05) is 19.9 Å². The van der Waals surface area contributed by atoms with Gasteiger partial charge in [0.25, 0.3) is 5.56 Å². The standard InChI is InChI=1S/C17H19N3O5/c1-3-24-14-7-11-6-10(2)25-13(11)8-12(14)18-16(22)9-20-5-4-15(21)19-17(20)23/h4-5,7-8,10H,3,6,9H2,1-2H3,(H,18,22)(H,19,21,23)/t10-/m1/s1. The van der Waals surface area contributed by atoms with Crippen molar-refractivity contribution in [1.82, 2.24) is 9.55 Å². The van der Waals surface area contributed by atoms with Gasteiger partial charge in [0.05, 0.1) is 12.3 Å². The van der Waals surface area contributed by atoms with Crippen molar-refractivity contribution in [3.8, 4) is 11.5 Å². The number of ether oxygens (including phenoxy) is 2. The number of aromatic nitrogens is 2. The molecule has 1 aromatic carbocycles. The monoisotopic (exact) mass is 345 g/mol. The first-order valence-electron chi connectivity index (χ1n) is 8.02. The Hall–Kier alpha value is -3.03. The highest BCUT2D eigenvalue weighted by Crippen LogP contribution is 2.38. The average molecular weight is 345 g/mol. The molecular weight excluding hydrogens is 326 g/mol. The summed E-state index contributed by atoms with van der Waals surface area (Å²) in [5, 5.41) is 2.73. The van der Waals surface area contributed by atoms with E-state index in [2.05, 4.69) is 10.3 Å². The highest BCUT2D eigenvalue weighted by molar-refractivity contribution is 5.92. The van der Waals surface area contributed by atoms with Crippen LogP contribution in [-0.4, -0.2) is 28.2 Å². The minimum atomic E-state index is -0.640. The molecule has 8 nitrogen and oxygen atoms in total. The molecule has 1 atom stereocenters. The number of fused-ring (bicyclic) bond motifs is 1. The molecule has 1 aromatic heterocycles. The van der Waals surface area contributed by atoms with Crippen molar-refractivity contribution < 1.29 is 14.3 Å². The largest absolute Gasteiger partial charge is 0.492 e. The Bertz CT molecular complexity index is 915. The first-order valence-corrected chi connectivity index (χ1v) is 8.02. The molecule has 2 aromatic rings. The van der Waals surface area contributed by atoms with Crippen LogP contribution in [0, 0.1) is 0 Å². The molecule has 2 N–H and O–H groups in total. The van der Waals surface area contributed by atoms with E-state index in [1.165, 1.54) is 12.3 Å². The molecule has 0 unspecified atom stereocenters. The Kier molecular flexibility index (Phi) is 4.60. The Morgan fingerprint density at radius 3 is 2.96 bits per heavy atom. The third kappa shape index (κ3) is 3.73. The lowest BCUT2D eigenvalue weighted by molar-refractivity contribution is -0.116. The van der Waals surface area contributed by atoms with E-state index in [0.717, 1.165) is 16.6 Å². The van der Waals surface area contributed by atoms with Gasteiger partial charge in [0, 0.05) is 30.3 Å². The van der Waals surface area contributed by atoms with Crippen molar-refractivity contribution in [2.45, 2.75) is 32.9 Å². The summed E-state index contributed by atoms with van der Waals surface area (Å²) in [6.45, 7) is 4.06. The number of anilines is 1. The second kappa shape index (κ2) is 6.84. The number of carbonyl (C=O) groups excluding carboxylic acids is 1. The summed E-state index contributed by atoms with van der Waals surface area (Å²) in [7, 11) is 0. The normalized spacial score (nSPS) is 15.4. The number of benzene rings is 1. The fraction of sp³-hybridized carbons (Fsp3) is 0.353. The molecule has 132 valence electrons. The summed E-state index contributed by atoms with van der Waals surface area (Å²) in [4.78, 5) is 37.1. The number of H-pyrrole nitrogens is 1. The van der Waals surface area contributed by atoms with Crippen molar-refractivity contribution in [2.24, 2.45) is 0 Å². The van der Waals surface area contributed by atoms with Crippen molar-refractivity contribution in [3.63, 3.8) is 0 Å². The Balaban J connectivity index is 1.81. The Labute approximate surface area is 143 Å². The lowest BCUT2D eigenvalue weighted by Crippen LogP contribution is -2.32. The fourth-order valence-electron chi connectivity index (χ4n) is 2.73. The van der Waals surface area contributed by atoms with Crippen LogP contribution in [0.1, 0.15) is 19.4 Å². The predicted molar refractivity (Wildman–Crippen MR) is 91.4 cm³/mol. The molecular formula is C17H19N3O5. The molecule has 2 heterocycles. The molecule has 0 saturated carbocycles. The zero-order valence-corrected chi connectivity index (χ0v) is 14.0.